The zero-order valence-electron chi connectivity index (χ0n) is 18.2. The lowest BCUT2D eigenvalue weighted by Gasteiger charge is -2.42. The third-order valence-electron chi connectivity index (χ3n) is 6.16. The zero-order valence-corrected chi connectivity index (χ0v) is 18.2. The molecule has 2 unspecified atom stereocenters. The van der Waals surface area contributed by atoms with Gasteiger partial charge in [-0.05, 0) is 30.4 Å². The van der Waals surface area contributed by atoms with Crippen LogP contribution in [-0.4, -0.2) is 66.2 Å². The van der Waals surface area contributed by atoms with E-state index < -0.39 is 6.09 Å². The Morgan fingerprint density at radius 3 is 2.16 bits per heavy atom. The van der Waals surface area contributed by atoms with Crippen molar-refractivity contribution in [3.05, 3.63) is 83.8 Å². The minimum Gasteiger partial charge on any atom is -0.465 e. The molecule has 170 valence electrons. The number of rotatable bonds is 9. The largest absolute Gasteiger partial charge is 0.465 e. The molecule has 1 fully saturated rings. The number of nitrogens with one attached hydrogen (secondary N) is 1. The van der Waals surface area contributed by atoms with Crippen LogP contribution in [0.25, 0.3) is 0 Å². The summed E-state index contributed by atoms with van der Waals surface area (Å²) in [4.78, 5) is 16.1. The minimum atomic E-state index is -0.978. The molecule has 0 bridgehead atoms. The van der Waals surface area contributed by atoms with Crippen molar-refractivity contribution in [1.82, 2.24) is 15.1 Å². The van der Waals surface area contributed by atoms with Crippen molar-refractivity contribution >= 4 is 6.09 Å². The van der Waals surface area contributed by atoms with Crippen LogP contribution in [0.4, 0.5) is 4.79 Å². The number of amides is 1. The topological polar surface area (TPSA) is 74.3 Å². The fourth-order valence-electron chi connectivity index (χ4n) is 4.47. The summed E-state index contributed by atoms with van der Waals surface area (Å²) in [5, 5.41) is 12.1. The highest BCUT2D eigenvalue weighted by Crippen LogP contribution is 2.23. The van der Waals surface area contributed by atoms with Gasteiger partial charge in [0.15, 0.2) is 5.76 Å². The SMILES string of the molecule is O=C(O)NC(CCc1ccccc1)N1CCN(C(Cc2ccccc2)C2=COCO2)CC1. The highest BCUT2D eigenvalue weighted by atomic mass is 16.7. The molecule has 7 nitrogen and oxygen atoms in total. The quantitative estimate of drug-likeness (QED) is 0.627. The van der Waals surface area contributed by atoms with Crippen LogP contribution in [-0.2, 0) is 22.3 Å². The van der Waals surface area contributed by atoms with Gasteiger partial charge >= 0.3 is 6.09 Å². The van der Waals surface area contributed by atoms with Gasteiger partial charge in [0.25, 0.3) is 0 Å². The van der Waals surface area contributed by atoms with Crippen LogP contribution in [0.5, 0.6) is 0 Å². The van der Waals surface area contributed by atoms with E-state index in [2.05, 4.69) is 51.5 Å². The van der Waals surface area contributed by atoms with E-state index in [9.17, 15) is 9.90 Å². The summed E-state index contributed by atoms with van der Waals surface area (Å²) < 4.78 is 11.1. The molecule has 4 rings (SSSR count). The first-order valence-corrected chi connectivity index (χ1v) is 11.2. The Hall–Kier alpha value is -3.03. The smallest absolute Gasteiger partial charge is 0.405 e. The van der Waals surface area contributed by atoms with Crippen molar-refractivity contribution in [1.29, 1.82) is 0 Å². The van der Waals surface area contributed by atoms with Crippen molar-refractivity contribution in [2.24, 2.45) is 0 Å². The first-order valence-electron chi connectivity index (χ1n) is 11.2. The lowest BCUT2D eigenvalue weighted by atomic mass is 10.0. The Bertz CT molecular complexity index is 883. The van der Waals surface area contributed by atoms with Gasteiger partial charge in [-0.15, -0.1) is 0 Å². The molecule has 2 aromatic rings. The van der Waals surface area contributed by atoms with E-state index >= 15 is 0 Å². The monoisotopic (exact) mass is 437 g/mol. The second kappa shape index (κ2) is 11.0. The first-order chi connectivity index (χ1) is 15.7. The van der Waals surface area contributed by atoms with Gasteiger partial charge in [-0.3, -0.25) is 9.80 Å². The Morgan fingerprint density at radius 1 is 0.938 bits per heavy atom. The van der Waals surface area contributed by atoms with Gasteiger partial charge in [0.2, 0.25) is 6.79 Å². The van der Waals surface area contributed by atoms with E-state index in [0.29, 0.717) is 0 Å². The molecule has 1 saturated heterocycles. The van der Waals surface area contributed by atoms with Crippen LogP contribution in [0, 0.1) is 0 Å². The number of ether oxygens (including phenoxy) is 2. The average Bonchev–Trinajstić information content (AvgIpc) is 3.36. The lowest BCUT2D eigenvalue weighted by Crippen LogP contribution is -2.58. The van der Waals surface area contributed by atoms with Crippen LogP contribution < -0.4 is 5.32 Å². The predicted molar refractivity (Wildman–Crippen MR) is 122 cm³/mol. The second-order valence-electron chi connectivity index (χ2n) is 8.22. The number of hydrogen-bond acceptors (Lipinski definition) is 5. The number of aryl methyl sites for hydroxylation is 1. The maximum absolute atomic E-state index is 11.4. The molecular weight excluding hydrogens is 406 g/mol. The third-order valence-corrected chi connectivity index (χ3v) is 6.16. The maximum Gasteiger partial charge on any atom is 0.405 e. The summed E-state index contributed by atoms with van der Waals surface area (Å²) in [7, 11) is 0. The van der Waals surface area contributed by atoms with Gasteiger partial charge < -0.3 is 19.9 Å². The van der Waals surface area contributed by atoms with Crippen molar-refractivity contribution in [2.75, 3.05) is 33.0 Å². The lowest BCUT2D eigenvalue weighted by molar-refractivity contribution is 0.0319. The van der Waals surface area contributed by atoms with Gasteiger partial charge in [0.05, 0.1) is 12.2 Å². The summed E-state index contributed by atoms with van der Waals surface area (Å²) >= 11 is 0. The Morgan fingerprint density at radius 2 is 1.56 bits per heavy atom. The van der Waals surface area contributed by atoms with Crippen LogP contribution in [0.3, 0.4) is 0 Å². The Balaban J connectivity index is 1.38. The van der Waals surface area contributed by atoms with E-state index in [-0.39, 0.29) is 19.0 Å². The van der Waals surface area contributed by atoms with Gasteiger partial charge in [0, 0.05) is 26.2 Å². The molecule has 7 heteroatoms. The molecule has 2 aliphatic rings. The number of nitrogens with zero attached hydrogens (tertiary/aromatic N) is 2. The molecule has 2 aromatic carbocycles. The number of benzene rings is 2. The molecule has 2 N–H and O–H groups in total. The van der Waals surface area contributed by atoms with Crippen LogP contribution in [0.15, 0.2) is 72.7 Å². The van der Waals surface area contributed by atoms with Gasteiger partial charge in [0.1, 0.15) is 6.26 Å². The van der Waals surface area contributed by atoms with Gasteiger partial charge in [-0.1, -0.05) is 60.7 Å². The minimum absolute atomic E-state index is 0.109. The molecule has 0 aliphatic carbocycles. The summed E-state index contributed by atoms with van der Waals surface area (Å²) in [5.41, 5.74) is 2.47. The standard InChI is InChI=1S/C25H31N3O4/c29-25(30)26-24(12-11-20-7-3-1-4-8-20)28-15-13-27(14-16-28)22(23-18-31-19-32-23)17-21-9-5-2-6-10-21/h1-10,18,22,24,26H,11-17,19H2,(H,29,30). The predicted octanol–water partition coefficient (Wildman–Crippen LogP) is 3.29. The number of piperazine rings is 1. The summed E-state index contributed by atoms with van der Waals surface area (Å²) in [6, 6.07) is 20.7. The summed E-state index contributed by atoms with van der Waals surface area (Å²) in [6.45, 7) is 3.52. The number of carboxylic acid groups (broad SMARTS) is 1. The Labute approximate surface area is 189 Å². The highest BCUT2D eigenvalue weighted by molar-refractivity contribution is 5.64. The van der Waals surface area contributed by atoms with E-state index in [0.717, 1.165) is 51.2 Å². The van der Waals surface area contributed by atoms with Crippen LogP contribution in [0.2, 0.25) is 0 Å². The first kappa shape index (κ1) is 22.2. The van der Waals surface area contributed by atoms with Crippen molar-refractivity contribution in [3.8, 4) is 0 Å². The Kier molecular flexibility index (Phi) is 7.64. The molecule has 32 heavy (non-hydrogen) atoms. The molecule has 0 radical (unpaired) electrons. The van der Waals surface area contributed by atoms with Crippen LogP contribution >= 0.6 is 0 Å². The summed E-state index contributed by atoms with van der Waals surface area (Å²) in [5.74, 6) is 0.867. The molecule has 0 aromatic heterocycles. The fourth-order valence-corrected chi connectivity index (χ4v) is 4.47. The van der Waals surface area contributed by atoms with E-state index in [1.54, 1.807) is 6.26 Å². The average molecular weight is 438 g/mol. The van der Waals surface area contributed by atoms with Crippen molar-refractivity contribution < 1.29 is 19.4 Å². The molecular formula is C25H31N3O4. The molecule has 2 heterocycles. The van der Waals surface area contributed by atoms with E-state index in [4.69, 9.17) is 9.47 Å². The van der Waals surface area contributed by atoms with Gasteiger partial charge in [-0.25, -0.2) is 4.79 Å². The number of carbonyl (C=O) groups is 1. The van der Waals surface area contributed by atoms with Crippen LogP contribution in [0.1, 0.15) is 17.5 Å². The number of hydrogen-bond donors (Lipinski definition) is 2. The third kappa shape index (κ3) is 6.02. The molecule has 1 amide bonds. The van der Waals surface area contributed by atoms with E-state index in [1.165, 1.54) is 11.1 Å². The van der Waals surface area contributed by atoms with Crippen molar-refractivity contribution in [2.45, 2.75) is 31.5 Å². The highest BCUT2D eigenvalue weighted by Gasteiger charge is 2.32. The fraction of sp³-hybridized carbons (Fsp3) is 0.400. The summed E-state index contributed by atoms with van der Waals surface area (Å²) in [6.07, 6.45) is 2.98. The normalized spacial score (nSPS) is 18.8. The van der Waals surface area contributed by atoms with Gasteiger partial charge in [-0.2, -0.15) is 0 Å². The molecule has 0 spiro atoms. The molecule has 2 aliphatic heterocycles. The maximum atomic E-state index is 11.4. The molecule has 2 atom stereocenters. The zero-order chi connectivity index (χ0) is 22.2. The van der Waals surface area contributed by atoms with Crippen molar-refractivity contribution in [3.63, 3.8) is 0 Å². The second-order valence-corrected chi connectivity index (χ2v) is 8.22. The van der Waals surface area contributed by atoms with E-state index in [1.807, 2.05) is 24.3 Å². The molecule has 0 saturated carbocycles.